The van der Waals surface area contributed by atoms with E-state index < -0.39 is 72.9 Å². The number of anilines is 1. The van der Waals surface area contributed by atoms with Crippen molar-refractivity contribution in [2.45, 2.75) is 65.0 Å². The third-order valence-electron chi connectivity index (χ3n) is 6.00. The summed E-state index contributed by atoms with van der Waals surface area (Å²) in [4.78, 5) is 1.36. The number of fused-ring (bicyclic) bond motifs is 1. The Kier molecular flexibility index (Phi) is 11.7. The van der Waals surface area contributed by atoms with Crippen molar-refractivity contribution in [2.24, 2.45) is 0 Å². The third-order valence-corrected chi connectivity index (χ3v) is 11.8. The van der Waals surface area contributed by atoms with E-state index in [9.17, 15) is 30.1 Å². The van der Waals surface area contributed by atoms with Crippen molar-refractivity contribution in [3.63, 3.8) is 0 Å². The van der Waals surface area contributed by atoms with E-state index in [4.69, 9.17) is 14.8 Å². The molecular formula is C22H33INO10S3-. The first-order chi connectivity index (χ1) is 17.1. The van der Waals surface area contributed by atoms with Crippen LogP contribution in [0.15, 0.2) is 34.1 Å². The standard InChI is InChI=1S/C22H33INO10S3/c1-22(23-2,10-5-3-4-7-20(25)26)21-17-13-15(37(32,33)34)14-19(35(27)28)16(17)8-9-18(21)24-11-6-12-36(29,30)31/h8-9,13-14,20,24-26H,3-7,10-12H2,1-2H3,(H,27,28)(H,29,30,31)(H,32,33,34)/q-1. The number of unbranched alkanes of at least 4 members (excludes halogenated alkanes) is 2. The second-order valence-corrected chi connectivity index (χ2v) is 16.2. The zero-order valence-electron chi connectivity index (χ0n) is 20.4. The average molecular weight is 695 g/mol. The molecule has 2 aromatic carbocycles. The number of hydrogen-bond donors (Lipinski definition) is 6. The molecule has 0 saturated heterocycles. The van der Waals surface area contributed by atoms with E-state index in [1.54, 1.807) is 12.1 Å². The van der Waals surface area contributed by atoms with Crippen LogP contribution in [0, 0.1) is 0 Å². The molecule has 0 aliphatic rings. The van der Waals surface area contributed by atoms with E-state index in [1.165, 1.54) is 6.07 Å². The molecule has 2 rings (SSSR count). The Morgan fingerprint density at radius 1 is 1.03 bits per heavy atom. The quantitative estimate of drug-likeness (QED) is 0.0353. The third kappa shape index (κ3) is 9.35. The van der Waals surface area contributed by atoms with E-state index in [-0.39, 0.29) is 24.3 Å². The zero-order chi connectivity index (χ0) is 28.0. The zero-order valence-corrected chi connectivity index (χ0v) is 25.0. The Hall–Kier alpha value is -0.920. The number of aliphatic hydroxyl groups is 2. The van der Waals surface area contributed by atoms with Crippen LogP contribution in [-0.2, 0) is 34.7 Å². The van der Waals surface area contributed by atoms with Crippen LogP contribution in [0.5, 0.6) is 0 Å². The van der Waals surface area contributed by atoms with Crippen molar-refractivity contribution in [2.75, 3.05) is 22.5 Å². The van der Waals surface area contributed by atoms with Gasteiger partial charge < -0.3 is 0 Å². The van der Waals surface area contributed by atoms with E-state index >= 15 is 0 Å². The van der Waals surface area contributed by atoms with Gasteiger partial charge in [-0.05, 0) is 0 Å². The minimum atomic E-state index is -4.70. The molecule has 0 aromatic heterocycles. The number of rotatable bonds is 15. The monoisotopic (exact) mass is 694 g/mol. The van der Waals surface area contributed by atoms with Gasteiger partial charge in [0.05, 0.1) is 0 Å². The fourth-order valence-electron chi connectivity index (χ4n) is 4.13. The molecule has 0 amide bonds. The molecule has 0 fully saturated rings. The van der Waals surface area contributed by atoms with Gasteiger partial charge in [0.25, 0.3) is 0 Å². The summed E-state index contributed by atoms with van der Waals surface area (Å²) in [5, 5.41) is 22.1. The van der Waals surface area contributed by atoms with Crippen molar-refractivity contribution >= 4 is 47.8 Å². The predicted molar refractivity (Wildman–Crippen MR) is 137 cm³/mol. The minimum absolute atomic E-state index is 0.106. The molecular weight excluding hydrogens is 661 g/mol. The predicted octanol–water partition coefficient (Wildman–Crippen LogP) is -0.448. The van der Waals surface area contributed by atoms with Crippen LogP contribution in [0.1, 0.15) is 51.0 Å². The van der Waals surface area contributed by atoms with Crippen molar-refractivity contribution in [3.8, 4) is 0 Å². The first-order valence-corrected chi connectivity index (χ1v) is 18.7. The molecule has 212 valence electrons. The van der Waals surface area contributed by atoms with Gasteiger partial charge in [-0.1, -0.05) is 0 Å². The van der Waals surface area contributed by atoms with Gasteiger partial charge in [0.2, 0.25) is 0 Å². The van der Waals surface area contributed by atoms with Gasteiger partial charge >= 0.3 is 231 Å². The van der Waals surface area contributed by atoms with Crippen LogP contribution in [0.4, 0.5) is 5.69 Å². The Balaban J connectivity index is 2.67. The van der Waals surface area contributed by atoms with Crippen LogP contribution >= 0.6 is 0 Å². The molecule has 0 heterocycles. The van der Waals surface area contributed by atoms with E-state index in [0.717, 1.165) is 18.9 Å². The maximum atomic E-state index is 12.1. The van der Waals surface area contributed by atoms with Gasteiger partial charge in [-0.15, -0.1) is 0 Å². The average Bonchev–Trinajstić information content (AvgIpc) is 2.78. The molecule has 15 heteroatoms. The second kappa shape index (κ2) is 13.4. The van der Waals surface area contributed by atoms with E-state index in [0.29, 0.717) is 34.9 Å². The summed E-state index contributed by atoms with van der Waals surface area (Å²) in [6.45, 7) is 2.19. The molecule has 0 aliphatic heterocycles. The maximum absolute atomic E-state index is 12.1. The van der Waals surface area contributed by atoms with E-state index in [2.05, 4.69) is 10.2 Å². The molecule has 37 heavy (non-hydrogen) atoms. The number of nitrogens with one attached hydrogen (secondary N) is 1. The molecule has 0 aliphatic carbocycles. The molecule has 11 nitrogen and oxygen atoms in total. The Morgan fingerprint density at radius 2 is 1.70 bits per heavy atom. The number of halogens is 1. The number of alkyl halides is 2. The Labute approximate surface area is 230 Å². The molecule has 0 bridgehead atoms. The molecule has 2 atom stereocenters. The van der Waals surface area contributed by atoms with Gasteiger partial charge in [0, 0.05) is 0 Å². The molecule has 0 spiro atoms. The molecule has 2 aromatic rings. The summed E-state index contributed by atoms with van der Waals surface area (Å²) >= 11 is -3.13. The van der Waals surface area contributed by atoms with Crippen LogP contribution in [0.2, 0.25) is 0 Å². The summed E-state index contributed by atoms with van der Waals surface area (Å²) in [5.41, 5.74) is 1.27. The molecule has 6 N–H and O–H groups in total. The molecule has 0 saturated carbocycles. The Bertz CT molecular complexity index is 1330. The number of aliphatic hydroxyl groups excluding tert-OH is 1. The van der Waals surface area contributed by atoms with Crippen LogP contribution < -0.4 is 26.5 Å². The SMILES string of the molecule is C[I-]C(C)(CCCCCC(O)O)c1c(NCCCS(=O)(=O)O)ccc2c(S(=O)O)cc(S(=O)(=O)O)cc12. The summed E-state index contributed by atoms with van der Waals surface area (Å²) in [5.74, 6) is -0.446. The summed E-state index contributed by atoms with van der Waals surface area (Å²) in [6.07, 6.45) is 1.69. The van der Waals surface area contributed by atoms with Gasteiger partial charge in [-0.2, -0.15) is 0 Å². The van der Waals surface area contributed by atoms with Gasteiger partial charge in [-0.3, -0.25) is 0 Å². The van der Waals surface area contributed by atoms with Crippen molar-refractivity contribution < 1.29 is 66.1 Å². The van der Waals surface area contributed by atoms with Crippen molar-refractivity contribution in [3.05, 3.63) is 29.8 Å². The number of hydrogen-bond acceptors (Lipinski definition) is 8. The van der Waals surface area contributed by atoms with Crippen molar-refractivity contribution in [1.82, 2.24) is 0 Å². The van der Waals surface area contributed by atoms with Crippen molar-refractivity contribution in [1.29, 1.82) is 0 Å². The topological polar surface area (TPSA) is 199 Å². The van der Waals surface area contributed by atoms with Crippen LogP contribution in [0.25, 0.3) is 10.8 Å². The Morgan fingerprint density at radius 3 is 2.24 bits per heavy atom. The number of benzene rings is 2. The van der Waals surface area contributed by atoms with Gasteiger partial charge in [0.1, 0.15) is 0 Å². The summed E-state index contributed by atoms with van der Waals surface area (Å²) in [7, 11) is -8.84. The summed E-state index contributed by atoms with van der Waals surface area (Å²) in [6, 6.07) is 5.50. The second-order valence-electron chi connectivity index (χ2n) is 8.76. The summed E-state index contributed by atoms with van der Waals surface area (Å²) < 4.78 is 86.5. The van der Waals surface area contributed by atoms with Crippen LogP contribution in [-0.4, -0.2) is 68.4 Å². The van der Waals surface area contributed by atoms with Gasteiger partial charge in [-0.25, -0.2) is 0 Å². The fourth-order valence-corrected chi connectivity index (χ4v) is 7.88. The van der Waals surface area contributed by atoms with Crippen LogP contribution in [0.3, 0.4) is 0 Å². The normalized spacial score (nSPS) is 15.2. The van der Waals surface area contributed by atoms with Gasteiger partial charge in [0.15, 0.2) is 0 Å². The van der Waals surface area contributed by atoms with E-state index in [1.807, 2.05) is 6.92 Å². The first kappa shape index (κ1) is 32.3. The molecule has 2 unspecified atom stereocenters. The molecule has 0 radical (unpaired) electrons. The first-order valence-electron chi connectivity index (χ1n) is 11.3. The fraction of sp³-hybridized carbons (Fsp3) is 0.545.